The number of fused-ring (bicyclic) bond motifs is 1. The summed E-state index contributed by atoms with van der Waals surface area (Å²) in [5.74, 6) is 0.743. The van der Waals surface area contributed by atoms with Crippen molar-refractivity contribution in [1.29, 1.82) is 5.26 Å². The molecule has 0 aliphatic carbocycles. The lowest BCUT2D eigenvalue weighted by Crippen LogP contribution is -2.23. The molecule has 1 unspecified atom stereocenters. The number of aryl methyl sites for hydroxylation is 1. The van der Waals surface area contributed by atoms with Gasteiger partial charge in [0.2, 0.25) is 0 Å². The summed E-state index contributed by atoms with van der Waals surface area (Å²) in [5, 5.41) is 21.4. The van der Waals surface area contributed by atoms with E-state index in [4.69, 9.17) is 5.26 Å². The fourth-order valence-corrected chi connectivity index (χ4v) is 2.30. The molecule has 0 aliphatic rings. The van der Waals surface area contributed by atoms with Crippen LogP contribution in [0.25, 0.3) is 11.0 Å². The third-order valence-electron chi connectivity index (χ3n) is 3.27. The van der Waals surface area contributed by atoms with Crippen molar-refractivity contribution in [2.24, 2.45) is 0 Å². The number of rotatable bonds is 6. The van der Waals surface area contributed by atoms with Crippen molar-refractivity contribution < 1.29 is 0 Å². The standard InChI is InChI=1S/C14H16N8/c1-11(9-21-6-3-5-18-21)20-13-12-8-19-22(7-2-4-15)14(12)17-10-16-13/h3,5-6,8,10-11H,2,7,9H2,1H3,(H,16,17,20). The van der Waals surface area contributed by atoms with Gasteiger partial charge in [-0.05, 0) is 13.0 Å². The Hall–Kier alpha value is -2.95. The minimum Gasteiger partial charge on any atom is -0.365 e. The minimum atomic E-state index is 0.153. The molecule has 0 amide bonds. The van der Waals surface area contributed by atoms with Gasteiger partial charge in [0.05, 0.1) is 37.2 Å². The summed E-state index contributed by atoms with van der Waals surface area (Å²) in [6.45, 7) is 3.33. The van der Waals surface area contributed by atoms with Crippen molar-refractivity contribution in [3.8, 4) is 6.07 Å². The Bertz CT molecular complexity index is 783. The number of nitriles is 1. The van der Waals surface area contributed by atoms with E-state index in [0.29, 0.717) is 13.0 Å². The van der Waals surface area contributed by atoms with Gasteiger partial charge in [-0.3, -0.25) is 4.68 Å². The fourth-order valence-electron chi connectivity index (χ4n) is 2.30. The Balaban J connectivity index is 1.79. The lowest BCUT2D eigenvalue weighted by molar-refractivity contribution is 0.560. The van der Waals surface area contributed by atoms with E-state index in [9.17, 15) is 0 Å². The summed E-state index contributed by atoms with van der Waals surface area (Å²) in [6.07, 6.45) is 7.33. The monoisotopic (exact) mass is 296 g/mol. The van der Waals surface area contributed by atoms with E-state index >= 15 is 0 Å². The zero-order valence-electron chi connectivity index (χ0n) is 12.2. The smallest absolute Gasteiger partial charge is 0.163 e. The van der Waals surface area contributed by atoms with Gasteiger partial charge < -0.3 is 5.32 Å². The Labute approximate surface area is 127 Å². The van der Waals surface area contributed by atoms with Crippen LogP contribution in [0.5, 0.6) is 0 Å². The Kier molecular flexibility index (Phi) is 3.96. The van der Waals surface area contributed by atoms with E-state index in [1.165, 1.54) is 6.33 Å². The molecule has 8 nitrogen and oxygen atoms in total. The molecule has 3 aromatic rings. The van der Waals surface area contributed by atoms with Crippen molar-refractivity contribution in [1.82, 2.24) is 29.5 Å². The van der Waals surface area contributed by atoms with Crippen LogP contribution in [0.4, 0.5) is 5.82 Å². The average molecular weight is 296 g/mol. The van der Waals surface area contributed by atoms with Crippen LogP contribution in [-0.4, -0.2) is 35.6 Å². The van der Waals surface area contributed by atoms with Gasteiger partial charge >= 0.3 is 0 Å². The summed E-state index contributed by atoms with van der Waals surface area (Å²) in [4.78, 5) is 8.56. The molecule has 112 valence electrons. The van der Waals surface area contributed by atoms with Gasteiger partial charge in [-0.15, -0.1) is 0 Å². The molecular weight excluding hydrogens is 280 g/mol. The lowest BCUT2D eigenvalue weighted by atomic mass is 10.3. The predicted molar refractivity (Wildman–Crippen MR) is 80.9 cm³/mol. The SMILES string of the molecule is CC(Cn1cccn1)Nc1ncnc2c1cnn2CCC#N. The number of aromatic nitrogens is 6. The molecule has 22 heavy (non-hydrogen) atoms. The van der Waals surface area contributed by atoms with E-state index in [1.54, 1.807) is 17.1 Å². The lowest BCUT2D eigenvalue weighted by Gasteiger charge is -2.14. The second-order valence-electron chi connectivity index (χ2n) is 5.01. The maximum atomic E-state index is 8.69. The van der Waals surface area contributed by atoms with Crippen LogP contribution in [0.15, 0.2) is 31.0 Å². The first-order valence-corrected chi connectivity index (χ1v) is 7.05. The highest BCUT2D eigenvalue weighted by Crippen LogP contribution is 2.19. The number of nitrogens with one attached hydrogen (secondary N) is 1. The topological polar surface area (TPSA) is 97.2 Å². The maximum absolute atomic E-state index is 8.69. The molecule has 0 fully saturated rings. The number of hydrogen-bond donors (Lipinski definition) is 1. The Morgan fingerprint density at radius 1 is 1.36 bits per heavy atom. The number of anilines is 1. The zero-order valence-corrected chi connectivity index (χ0v) is 12.2. The van der Waals surface area contributed by atoms with E-state index < -0.39 is 0 Å². The fraction of sp³-hybridized carbons (Fsp3) is 0.357. The average Bonchev–Trinajstić information content (AvgIpc) is 3.15. The van der Waals surface area contributed by atoms with Crippen LogP contribution in [0.3, 0.4) is 0 Å². The number of hydrogen-bond acceptors (Lipinski definition) is 6. The van der Waals surface area contributed by atoms with Gasteiger partial charge in [0.25, 0.3) is 0 Å². The van der Waals surface area contributed by atoms with Crippen LogP contribution in [0.2, 0.25) is 0 Å². The first-order valence-electron chi connectivity index (χ1n) is 7.05. The van der Waals surface area contributed by atoms with Crippen molar-refractivity contribution in [3.63, 3.8) is 0 Å². The molecule has 0 saturated carbocycles. The normalized spacial score (nSPS) is 12.2. The van der Waals surface area contributed by atoms with Gasteiger partial charge in [0, 0.05) is 18.4 Å². The van der Waals surface area contributed by atoms with E-state index in [2.05, 4.69) is 38.5 Å². The van der Waals surface area contributed by atoms with Crippen LogP contribution in [0, 0.1) is 11.3 Å². The molecular formula is C14H16N8. The molecule has 0 spiro atoms. The molecule has 3 aromatic heterocycles. The first kappa shape index (κ1) is 14.0. The minimum absolute atomic E-state index is 0.153. The van der Waals surface area contributed by atoms with Crippen molar-refractivity contribution in [2.45, 2.75) is 32.5 Å². The molecule has 8 heteroatoms. The van der Waals surface area contributed by atoms with Crippen LogP contribution in [0.1, 0.15) is 13.3 Å². The molecule has 0 saturated heterocycles. The molecule has 0 radical (unpaired) electrons. The molecule has 0 aromatic carbocycles. The van der Waals surface area contributed by atoms with Gasteiger partial charge in [0.15, 0.2) is 5.65 Å². The molecule has 3 rings (SSSR count). The van der Waals surface area contributed by atoms with Gasteiger partial charge in [-0.2, -0.15) is 15.5 Å². The van der Waals surface area contributed by atoms with Crippen LogP contribution < -0.4 is 5.32 Å². The van der Waals surface area contributed by atoms with Crippen LogP contribution in [-0.2, 0) is 13.1 Å². The summed E-state index contributed by atoms with van der Waals surface area (Å²) in [7, 11) is 0. The first-order chi connectivity index (χ1) is 10.8. The van der Waals surface area contributed by atoms with Gasteiger partial charge in [-0.1, -0.05) is 0 Å². The molecule has 0 aliphatic heterocycles. The summed E-state index contributed by atoms with van der Waals surface area (Å²) in [5.41, 5.74) is 0.735. The van der Waals surface area contributed by atoms with Crippen molar-refractivity contribution in [3.05, 3.63) is 31.0 Å². The highest BCUT2D eigenvalue weighted by atomic mass is 15.3. The highest BCUT2D eigenvalue weighted by Gasteiger charge is 2.12. The van der Waals surface area contributed by atoms with Crippen LogP contribution >= 0.6 is 0 Å². The van der Waals surface area contributed by atoms with Gasteiger partial charge in [0.1, 0.15) is 12.1 Å². The molecule has 3 heterocycles. The van der Waals surface area contributed by atoms with E-state index in [-0.39, 0.29) is 6.04 Å². The third-order valence-corrected chi connectivity index (χ3v) is 3.27. The van der Waals surface area contributed by atoms with E-state index in [1.807, 2.05) is 16.9 Å². The Morgan fingerprint density at radius 3 is 3.05 bits per heavy atom. The largest absolute Gasteiger partial charge is 0.365 e. The molecule has 0 bridgehead atoms. The number of nitrogens with zero attached hydrogens (tertiary/aromatic N) is 7. The zero-order chi connectivity index (χ0) is 15.4. The quantitative estimate of drug-likeness (QED) is 0.739. The van der Waals surface area contributed by atoms with Crippen molar-refractivity contribution >= 4 is 16.9 Å². The second kappa shape index (κ2) is 6.22. The highest BCUT2D eigenvalue weighted by molar-refractivity contribution is 5.86. The maximum Gasteiger partial charge on any atom is 0.163 e. The van der Waals surface area contributed by atoms with E-state index in [0.717, 1.165) is 23.4 Å². The summed E-state index contributed by atoms with van der Waals surface area (Å²) < 4.78 is 3.59. The summed E-state index contributed by atoms with van der Waals surface area (Å²) >= 11 is 0. The predicted octanol–water partition coefficient (Wildman–Crippen LogP) is 1.44. The Morgan fingerprint density at radius 2 is 2.27 bits per heavy atom. The summed E-state index contributed by atoms with van der Waals surface area (Å²) in [6, 6.07) is 4.16. The molecule has 1 atom stereocenters. The van der Waals surface area contributed by atoms with Gasteiger partial charge in [-0.25, -0.2) is 14.6 Å². The third kappa shape index (κ3) is 2.88. The second-order valence-corrected chi connectivity index (χ2v) is 5.01. The van der Waals surface area contributed by atoms with Crippen molar-refractivity contribution in [2.75, 3.05) is 5.32 Å². The molecule has 1 N–H and O–H groups in total.